The number of rotatable bonds is 6. The number of H-pyrrole nitrogens is 1. The molecular formula is C25H26N4O2. The van der Waals surface area contributed by atoms with Gasteiger partial charge in [-0.3, -0.25) is 9.89 Å². The largest absolute Gasteiger partial charge is 0.493 e. The maximum Gasteiger partial charge on any atom is 0.171 e. The Balaban J connectivity index is 1.52. The smallest absolute Gasteiger partial charge is 0.171 e. The predicted molar refractivity (Wildman–Crippen MR) is 122 cm³/mol. The summed E-state index contributed by atoms with van der Waals surface area (Å²) >= 11 is 0. The number of ether oxygens (including phenoxy) is 1. The van der Waals surface area contributed by atoms with Gasteiger partial charge in [0.25, 0.3) is 0 Å². The van der Waals surface area contributed by atoms with Crippen molar-refractivity contribution in [1.82, 2.24) is 19.7 Å². The summed E-state index contributed by atoms with van der Waals surface area (Å²) < 4.78 is 8.10. The molecule has 0 aliphatic carbocycles. The zero-order valence-corrected chi connectivity index (χ0v) is 17.8. The third-order valence-corrected chi connectivity index (χ3v) is 6.02. The van der Waals surface area contributed by atoms with Crippen LogP contribution in [-0.4, -0.2) is 52.7 Å². The van der Waals surface area contributed by atoms with Crippen LogP contribution in [0.25, 0.3) is 22.0 Å². The highest BCUT2D eigenvalue weighted by atomic mass is 16.5. The van der Waals surface area contributed by atoms with E-state index in [4.69, 9.17) is 4.74 Å². The Kier molecular flexibility index (Phi) is 5.08. The molecule has 1 aliphatic rings. The molecule has 5 rings (SSSR count). The van der Waals surface area contributed by atoms with Gasteiger partial charge in [-0.05, 0) is 43.8 Å². The lowest BCUT2D eigenvalue weighted by atomic mass is 9.89. The molecule has 0 bridgehead atoms. The van der Waals surface area contributed by atoms with E-state index >= 15 is 0 Å². The summed E-state index contributed by atoms with van der Waals surface area (Å²) in [6.45, 7) is 2.14. The standard InChI is InChI=1S/C25H26N4O2/c1-28(2)9-10-29-15-22(21-8-7-17(12-23(21)29)20-13-26-27-14-20)25(30)19-11-18-5-3-4-6-24(18)31-16-19/h3-8,12-15,19H,9-11,16H2,1-2H3,(H,26,27). The molecule has 1 N–H and O–H groups in total. The average Bonchev–Trinajstić information content (AvgIpc) is 3.45. The number of nitrogens with one attached hydrogen (secondary N) is 1. The van der Waals surface area contributed by atoms with Gasteiger partial charge in [-0.2, -0.15) is 5.10 Å². The Hall–Kier alpha value is -3.38. The summed E-state index contributed by atoms with van der Waals surface area (Å²) in [6, 6.07) is 14.3. The number of para-hydroxylation sites is 1. The predicted octanol–water partition coefficient (Wildman–Crippen LogP) is 4.03. The zero-order chi connectivity index (χ0) is 21.4. The van der Waals surface area contributed by atoms with Gasteiger partial charge in [0, 0.05) is 47.5 Å². The van der Waals surface area contributed by atoms with Crippen LogP contribution in [0.5, 0.6) is 5.75 Å². The molecule has 2 aromatic heterocycles. The van der Waals surface area contributed by atoms with E-state index in [1.54, 1.807) is 0 Å². The summed E-state index contributed by atoms with van der Waals surface area (Å²) in [5.41, 5.74) is 5.07. The van der Waals surface area contributed by atoms with Crippen molar-refractivity contribution in [3.05, 3.63) is 72.2 Å². The Labute approximate surface area is 181 Å². The number of aromatic nitrogens is 3. The summed E-state index contributed by atoms with van der Waals surface area (Å²) in [4.78, 5) is 15.7. The van der Waals surface area contributed by atoms with E-state index in [2.05, 4.69) is 52.0 Å². The normalized spacial score (nSPS) is 15.8. The molecule has 158 valence electrons. The van der Waals surface area contributed by atoms with Crippen molar-refractivity contribution >= 4 is 16.7 Å². The van der Waals surface area contributed by atoms with E-state index in [-0.39, 0.29) is 11.7 Å². The van der Waals surface area contributed by atoms with Crippen LogP contribution < -0.4 is 4.74 Å². The molecule has 2 aromatic carbocycles. The van der Waals surface area contributed by atoms with E-state index in [9.17, 15) is 4.79 Å². The maximum absolute atomic E-state index is 13.6. The Morgan fingerprint density at radius 1 is 1.23 bits per heavy atom. The van der Waals surface area contributed by atoms with Crippen molar-refractivity contribution in [3.8, 4) is 16.9 Å². The number of carbonyl (C=O) groups excluding carboxylic acids is 1. The van der Waals surface area contributed by atoms with E-state index in [0.717, 1.165) is 52.0 Å². The highest BCUT2D eigenvalue weighted by Gasteiger charge is 2.29. The van der Waals surface area contributed by atoms with Crippen molar-refractivity contribution in [1.29, 1.82) is 0 Å². The average molecular weight is 415 g/mol. The number of likely N-dealkylation sites (N-methyl/N-ethyl adjacent to an activating group) is 1. The summed E-state index contributed by atoms with van der Waals surface area (Å²) in [5.74, 6) is 0.875. The van der Waals surface area contributed by atoms with Gasteiger partial charge in [-0.1, -0.05) is 30.3 Å². The first-order valence-electron chi connectivity index (χ1n) is 10.6. The first kappa shape index (κ1) is 19.6. The van der Waals surface area contributed by atoms with Gasteiger partial charge in [0.1, 0.15) is 5.75 Å². The van der Waals surface area contributed by atoms with Crippen LogP contribution in [-0.2, 0) is 13.0 Å². The van der Waals surface area contributed by atoms with Crippen LogP contribution in [0.4, 0.5) is 0 Å². The number of hydrogen-bond donors (Lipinski definition) is 1. The molecule has 0 saturated carbocycles. The van der Waals surface area contributed by atoms with Gasteiger partial charge in [0.05, 0.1) is 18.7 Å². The summed E-state index contributed by atoms with van der Waals surface area (Å²) in [5, 5.41) is 7.94. The molecule has 0 amide bonds. The monoisotopic (exact) mass is 414 g/mol. The van der Waals surface area contributed by atoms with E-state index in [1.807, 2.05) is 42.9 Å². The second-order valence-corrected chi connectivity index (χ2v) is 8.44. The Bertz CT molecular complexity index is 1220. The number of Topliss-reactive ketones (excluding diaryl/α,β-unsaturated/α-hetero) is 1. The molecule has 0 saturated heterocycles. The molecule has 1 atom stereocenters. The first-order valence-corrected chi connectivity index (χ1v) is 10.6. The number of aromatic amines is 1. The minimum absolute atomic E-state index is 0.152. The second kappa shape index (κ2) is 8.04. The molecule has 0 radical (unpaired) electrons. The van der Waals surface area contributed by atoms with Crippen molar-refractivity contribution in [2.24, 2.45) is 5.92 Å². The third kappa shape index (κ3) is 3.75. The molecule has 0 spiro atoms. The number of nitrogens with zero attached hydrogens (tertiary/aromatic N) is 3. The van der Waals surface area contributed by atoms with Gasteiger partial charge < -0.3 is 14.2 Å². The zero-order valence-electron chi connectivity index (χ0n) is 17.8. The van der Waals surface area contributed by atoms with E-state index in [1.165, 1.54) is 0 Å². The number of benzene rings is 2. The fraction of sp³-hybridized carbons (Fsp3) is 0.280. The second-order valence-electron chi connectivity index (χ2n) is 8.44. The van der Waals surface area contributed by atoms with Crippen LogP contribution in [0.1, 0.15) is 15.9 Å². The van der Waals surface area contributed by atoms with E-state index in [0.29, 0.717) is 13.0 Å². The molecule has 3 heterocycles. The SMILES string of the molecule is CN(C)CCn1cc(C(=O)C2COc3ccccc3C2)c2ccc(-c3cn[nH]c3)cc21. The van der Waals surface area contributed by atoms with Crippen LogP contribution in [0.3, 0.4) is 0 Å². The topological polar surface area (TPSA) is 63.1 Å². The van der Waals surface area contributed by atoms with Gasteiger partial charge in [0.15, 0.2) is 5.78 Å². The summed E-state index contributed by atoms with van der Waals surface area (Å²) in [6.07, 6.45) is 6.44. The number of hydrogen-bond acceptors (Lipinski definition) is 4. The van der Waals surface area contributed by atoms with Crippen LogP contribution in [0, 0.1) is 5.92 Å². The lowest BCUT2D eigenvalue weighted by Gasteiger charge is -2.24. The first-order chi connectivity index (χ1) is 15.1. The van der Waals surface area contributed by atoms with Crippen LogP contribution in [0.2, 0.25) is 0 Å². The molecule has 1 unspecified atom stereocenters. The molecule has 0 fully saturated rings. The minimum atomic E-state index is -0.170. The fourth-order valence-corrected chi connectivity index (χ4v) is 4.29. The third-order valence-electron chi connectivity index (χ3n) is 6.02. The minimum Gasteiger partial charge on any atom is -0.493 e. The molecule has 31 heavy (non-hydrogen) atoms. The summed E-state index contributed by atoms with van der Waals surface area (Å²) in [7, 11) is 4.12. The van der Waals surface area contributed by atoms with Gasteiger partial charge in [-0.25, -0.2) is 0 Å². The number of fused-ring (bicyclic) bond motifs is 2. The molecule has 6 heteroatoms. The van der Waals surface area contributed by atoms with Gasteiger partial charge in [-0.15, -0.1) is 0 Å². The quantitative estimate of drug-likeness (QED) is 0.484. The van der Waals surface area contributed by atoms with Gasteiger partial charge in [0.2, 0.25) is 0 Å². The highest BCUT2D eigenvalue weighted by Crippen LogP contribution is 2.32. The molecule has 4 aromatic rings. The van der Waals surface area contributed by atoms with Crippen molar-refractivity contribution in [2.75, 3.05) is 27.2 Å². The fourth-order valence-electron chi connectivity index (χ4n) is 4.29. The van der Waals surface area contributed by atoms with Crippen molar-refractivity contribution in [2.45, 2.75) is 13.0 Å². The van der Waals surface area contributed by atoms with Crippen LogP contribution in [0.15, 0.2) is 61.1 Å². The van der Waals surface area contributed by atoms with E-state index < -0.39 is 0 Å². The number of ketones is 1. The van der Waals surface area contributed by atoms with Crippen molar-refractivity contribution in [3.63, 3.8) is 0 Å². The molecule has 6 nitrogen and oxygen atoms in total. The maximum atomic E-state index is 13.6. The Morgan fingerprint density at radius 2 is 2.10 bits per heavy atom. The van der Waals surface area contributed by atoms with Gasteiger partial charge >= 0.3 is 0 Å². The highest BCUT2D eigenvalue weighted by molar-refractivity contribution is 6.10. The van der Waals surface area contributed by atoms with Crippen molar-refractivity contribution < 1.29 is 9.53 Å². The Morgan fingerprint density at radius 3 is 2.90 bits per heavy atom. The molecular weight excluding hydrogens is 388 g/mol. The number of carbonyl (C=O) groups is 1. The van der Waals surface area contributed by atoms with Crippen LogP contribution >= 0.6 is 0 Å². The lowest BCUT2D eigenvalue weighted by Crippen LogP contribution is -2.28. The molecule has 1 aliphatic heterocycles. The lowest BCUT2D eigenvalue weighted by molar-refractivity contribution is 0.0856.